The van der Waals surface area contributed by atoms with Crippen molar-refractivity contribution in [3.05, 3.63) is 35.4 Å². The van der Waals surface area contributed by atoms with Crippen LogP contribution in [0.3, 0.4) is 0 Å². The van der Waals surface area contributed by atoms with Crippen LogP contribution in [0.2, 0.25) is 0 Å². The lowest BCUT2D eigenvalue weighted by Gasteiger charge is -2.19. The van der Waals surface area contributed by atoms with E-state index >= 15 is 0 Å². The van der Waals surface area contributed by atoms with E-state index in [0.717, 1.165) is 12.8 Å². The Morgan fingerprint density at radius 1 is 1.10 bits per heavy atom. The predicted octanol–water partition coefficient (Wildman–Crippen LogP) is 3.60. The normalized spacial score (nSPS) is 16.5. The van der Waals surface area contributed by atoms with Gasteiger partial charge in [0.25, 0.3) is 0 Å². The highest BCUT2D eigenvalue weighted by molar-refractivity contribution is 5.93. The van der Waals surface area contributed by atoms with Crippen LogP contribution in [0.25, 0.3) is 0 Å². The number of esters is 2. The van der Waals surface area contributed by atoms with E-state index in [2.05, 4.69) is 0 Å². The zero-order chi connectivity index (χ0) is 15.2. The maximum Gasteiger partial charge on any atom is 0.338 e. The number of carbonyl (C=O) groups is 2. The maximum absolute atomic E-state index is 12.1. The Morgan fingerprint density at radius 2 is 1.62 bits per heavy atom. The molecule has 1 atom stereocenters. The Kier molecular flexibility index (Phi) is 5.37. The molecule has 1 aliphatic carbocycles. The van der Waals surface area contributed by atoms with Crippen molar-refractivity contribution in [2.45, 2.75) is 45.6 Å². The van der Waals surface area contributed by atoms with Crippen molar-refractivity contribution in [3.8, 4) is 0 Å². The second-order valence-corrected chi connectivity index (χ2v) is 5.45. The summed E-state index contributed by atoms with van der Waals surface area (Å²) in [6.07, 6.45) is 4.67. The Bertz CT molecular complexity index is 486. The number of ether oxygens (including phenoxy) is 2. The van der Waals surface area contributed by atoms with E-state index in [1.54, 1.807) is 31.2 Å². The first kappa shape index (κ1) is 15.5. The van der Waals surface area contributed by atoms with Crippen molar-refractivity contribution < 1.29 is 19.1 Å². The van der Waals surface area contributed by atoms with Crippen molar-refractivity contribution in [3.63, 3.8) is 0 Å². The molecular formula is C17H22O4. The molecule has 0 aliphatic heterocycles. The summed E-state index contributed by atoms with van der Waals surface area (Å²) in [7, 11) is 0. The van der Waals surface area contributed by atoms with E-state index < -0.39 is 0 Å². The van der Waals surface area contributed by atoms with E-state index in [-0.39, 0.29) is 18.0 Å². The first-order chi connectivity index (χ1) is 10.1. The van der Waals surface area contributed by atoms with Gasteiger partial charge in [-0.3, -0.25) is 0 Å². The molecular weight excluding hydrogens is 268 g/mol. The van der Waals surface area contributed by atoms with Crippen molar-refractivity contribution in [1.29, 1.82) is 0 Å². The molecule has 1 unspecified atom stereocenters. The third-order valence-electron chi connectivity index (χ3n) is 3.99. The maximum atomic E-state index is 12.1. The molecule has 0 amide bonds. The summed E-state index contributed by atoms with van der Waals surface area (Å²) >= 11 is 0. The average Bonchev–Trinajstić information content (AvgIpc) is 3.02. The molecule has 0 aromatic heterocycles. The van der Waals surface area contributed by atoms with Crippen LogP contribution in [0, 0.1) is 5.92 Å². The van der Waals surface area contributed by atoms with Crippen LogP contribution in [0.5, 0.6) is 0 Å². The lowest BCUT2D eigenvalue weighted by molar-refractivity contribution is 0.0203. The smallest absolute Gasteiger partial charge is 0.338 e. The van der Waals surface area contributed by atoms with Gasteiger partial charge >= 0.3 is 11.9 Å². The van der Waals surface area contributed by atoms with E-state index in [4.69, 9.17) is 9.47 Å². The SMILES string of the molecule is CCOC(=O)c1ccc(C(=O)OC(C)C2CCCC2)cc1. The molecule has 0 N–H and O–H groups in total. The highest BCUT2D eigenvalue weighted by Crippen LogP contribution is 2.29. The van der Waals surface area contributed by atoms with Gasteiger partial charge < -0.3 is 9.47 Å². The summed E-state index contributed by atoms with van der Waals surface area (Å²) in [5.74, 6) is -0.227. The number of hydrogen-bond acceptors (Lipinski definition) is 4. The van der Waals surface area contributed by atoms with Gasteiger partial charge in [-0.1, -0.05) is 12.8 Å². The van der Waals surface area contributed by atoms with Gasteiger partial charge in [0.1, 0.15) is 6.10 Å². The van der Waals surface area contributed by atoms with Gasteiger partial charge in [0.05, 0.1) is 17.7 Å². The lowest BCUT2D eigenvalue weighted by atomic mass is 10.0. The molecule has 0 bridgehead atoms. The molecule has 0 heterocycles. The van der Waals surface area contributed by atoms with E-state index in [0.29, 0.717) is 23.7 Å². The summed E-state index contributed by atoms with van der Waals surface area (Å²) in [5.41, 5.74) is 0.908. The van der Waals surface area contributed by atoms with Gasteiger partial charge in [0, 0.05) is 0 Å². The molecule has 21 heavy (non-hydrogen) atoms. The van der Waals surface area contributed by atoms with E-state index in [1.807, 2.05) is 6.92 Å². The summed E-state index contributed by atoms with van der Waals surface area (Å²) in [5, 5.41) is 0. The van der Waals surface area contributed by atoms with Crippen LogP contribution < -0.4 is 0 Å². The Hall–Kier alpha value is -1.84. The summed E-state index contributed by atoms with van der Waals surface area (Å²) in [6, 6.07) is 6.40. The highest BCUT2D eigenvalue weighted by Gasteiger charge is 2.24. The fraction of sp³-hybridized carbons (Fsp3) is 0.529. The largest absolute Gasteiger partial charge is 0.462 e. The van der Waals surface area contributed by atoms with Gasteiger partial charge in [-0.25, -0.2) is 9.59 Å². The first-order valence-corrected chi connectivity index (χ1v) is 7.60. The molecule has 1 aromatic carbocycles. The molecule has 114 valence electrons. The average molecular weight is 290 g/mol. The fourth-order valence-corrected chi connectivity index (χ4v) is 2.72. The van der Waals surface area contributed by atoms with Crippen molar-refractivity contribution in [1.82, 2.24) is 0 Å². The van der Waals surface area contributed by atoms with Gasteiger partial charge in [-0.15, -0.1) is 0 Å². The van der Waals surface area contributed by atoms with Crippen LogP contribution in [-0.4, -0.2) is 24.6 Å². The Morgan fingerprint density at radius 3 is 2.14 bits per heavy atom. The van der Waals surface area contributed by atoms with E-state index in [1.165, 1.54) is 12.8 Å². The molecule has 4 heteroatoms. The van der Waals surface area contributed by atoms with E-state index in [9.17, 15) is 9.59 Å². The van der Waals surface area contributed by atoms with Crippen LogP contribution in [0.15, 0.2) is 24.3 Å². The standard InChI is InChI=1S/C17H22O4/c1-3-20-16(18)14-8-10-15(11-9-14)17(19)21-12(2)13-6-4-5-7-13/h8-13H,3-7H2,1-2H3. The third kappa shape index (κ3) is 4.06. The zero-order valence-electron chi connectivity index (χ0n) is 12.6. The van der Waals surface area contributed by atoms with Gasteiger partial charge in [-0.2, -0.15) is 0 Å². The Labute approximate surface area is 125 Å². The summed E-state index contributed by atoms with van der Waals surface area (Å²) in [4.78, 5) is 23.6. The van der Waals surface area contributed by atoms with Gasteiger partial charge in [0.15, 0.2) is 0 Å². The topological polar surface area (TPSA) is 52.6 Å². The number of hydrogen-bond donors (Lipinski definition) is 0. The number of benzene rings is 1. The lowest BCUT2D eigenvalue weighted by Crippen LogP contribution is -2.22. The van der Waals surface area contributed by atoms with Gasteiger partial charge in [-0.05, 0) is 56.9 Å². The fourth-order valence-electron chi connectivity index (χ4n) is 2.72. The molecule has 1 aliphatic rings. The molecule has 1 aromatic rings. The highest BCUT2D eigenvalue weighted by atomic mass is 16.5. The van der Waals surface area contributed by atoms with Crippen LogP contribution >= 0.6 is 0 Å². The Balaban J connectivity index is 1.94. The second-order valence-electron chi connectivity index (χ2n) is 5.45. The summed E-state index contributed by atoms with van der Waals surface area (Å²) < 4.78 is 10.4. The summed E-state index contributed by atoms with van der Waals surface area (Å²) in [6.45, 7) is 4.05. The van der Waals surface area contributed by atoms with Crippen molar-refractivity contribution in [2.24, 2.45) is 5.92 Å². The van der Waals surface area contributed by atoms with Crippen LogP contribution in [-0.2, 0) is 9.47 Å². The zero-order valence-corrected chi connectivity index (χ0v) is 12.6. The second kappa shape index (κ2) is 7.25. The first-order valence-electron chi connectivity index (χ1n) is 7.60. The van der Waals surface area contributed by atoms with Crippen LogP contribution in [0.4, 0.5) is 0 Å². The predicted molar refractivity (Wildman–Crippen MR) is 79.2 cm³/mol. The molecule has 2 rings (SSSR count). The molecule has 0 radical (unpaired) electrons. The van der Waals surface area contributed by atoms with Crippen LogP contribution in [0.1, 0.15) is 60.2 Å². The molecule has 0 spiro atoms. The van der Waals surface area contributed by atoms with Crippen molar-refractivity contribution >= 4 is 11.9 Å². The monoisotopic (exact) mass is 290 g/mol. The molecule has 4 nitrogen and oxygen atoms in total. The van der Waals surface area contributed by atoms with Gasteiger partial charge in [0.2, 0.25) is 0 Å². The molecule has 1 saturated carbocycles. The van der Waals surface area contributed by atoms with Crippen molar-refractivity contribution in [2.75, 3.05) is 6.61 Å². The minimum absolute atomic E-state index is 0.0512. The molecule has 1 fully saturated rings. The minimum atomic E-state index is -0.378. The quantitative estimate of drug-likeness (QED) is 0.777. The number of carbonyl (C=O) groups excluding carboxylic acids is 2. The minimum Gasteiger partial charge on any atom is -0.462 e. The third-order valence-corrected chi connectivity index (χ3v) is 3.99. The number of rotatable bonds is 5. The molecule has 0 saturated heterocycles.